The number of halogens is 3. The Balaban J connectivity index is 1.64. The molecule has 0 spiro atoms. The summed E-state index contributed by atoms with van der Waals surface area (Å²) in [6.45, 7) is 2.08. The van der Waals surface area contributed by atoms with E-state index in [2.05, 4.69) is 14.6 Å². The highest BCUT2D eigenvalue weighted by Gasteiger charge is 2.31. The Morgan fingerprint density at radius 3 is 2.52 bits per heavy atom. The fourth-order valence-electron chi connectivity index (χ4n) is 2.74. The van der Waals surface area contributed by atoms with Crippen molar-refractivity contribution in [3.8, 4) is 5.75 Å². The fourth-order valence-corrected chi connectivity index (χ4v) is 3.77. The number of nitrogens with one attached hydrogen (secondary N) is 1. The zero-order valence-electron chi connectivity index (χ0n) is 14.1. The van der Waals surface area contributed by atoms with E-state index in [4.69, 9.17) is 4.74 Å². The van der Waals surface area contributed by atoms with Gasteiger partial charge in [0.2, 0.25) is 0 Å². The quantitative estimate of drug-likeness (QED) is 0.799. The number of hydrogen-bond acceptors (Lipinski definition) is 5. The van der Waals surface area contributed by atoms with Crippen molar-refractivity contribution in [1.82, 2.24) is 9.78 Å². The Kier molecular flexibility index (Phi) is 5.61. The Morgan fingerprint density at radius 1 is 1.22 bits per heavy atom. The van der Waals surface area contributed by atoms with Gasteiger partial charge in [-0.25, -0.2) is 8.42 Å². The van der Waals surface area contributed by atoms with Gasteiger partial charge in [0.05, 0.1) is 16.8 Å². The molecule has 1 aliphatic rings. The Hall–Kier alpha value is -2.27. The van der Waals surface area contributed by atoms with E-state index in [1.165, 1.54) is 6.20 Å². The molecule has 0 saturated carbocycles. The molecule has 1 saturated heterocycles. The van der Waals surface area contributed by atoms with Crippen molar-refractivity contribution in [2.75, 3.05) is 17.9 Å². The van der Waals surface area contributed by atoms with E-state index >= 15 is 0 Å². The van der Waals surface area contributed by atoms with E-state index in [1.54, 1.807) is 10.9 Å². The van der Waals surface area contributed by atoms with E-state index in [0.717, 1.165) is 37.1 Å². The summed E-state index contributed by atoms with van der Waals surface area (Å²) < 4.78 is 74.3. The number of alkyl halides is 3. The van der Waals surface area contributed by atoms with Gasteiger partial charge in [0.25, 0.3) is 10.0 Å². The van der Waals surface area contributed by atoms with E-state index in [9.17, 15) is 21.6 Å². The van der Waals surface area contributed by atoms with Crippen LogP contribution in [0.5, 0.6) is 5.75 Å². The van der Waals surface area contributed by atoms with Crippen LogP contribution < -0.4 is 9.46 Å². The highest BCUT2D eigenvalue weighted by atomic mass is 32.2. The Bertz CT molecular complexity index is 860. The van der Waals surface area contributed by atoms with Crippen molar-refractivity contribution in [3.05, 3.63) is 36.7 Å². The van der Waals surface area contributed by atoms with Crippen LogP contribution in [0.2, 0.25) is 0 Å². The molecule has 0 unspecified atom stereocenters. The number of benzene rings is 1. The first kappa shape index (κ1) is 19.5. The van der Waals surface area contributed by atoms with E-state index in [-0.39, 0.29) is 10.6 Å². The summed E-state index contributed by atoms with van der Waals surface area (Å²) in [6, 6.07) is 3.96. The molecular weight excluding hydrogens is 387 g/mol. The SMILES string of the molecule is O=S(=O)(Nc1cnn(CC2CCOCC2)c1)c1ccc(OC(F)(F)F)cc1. The minimum Gasteiger partial charge on any atom is -0.406 e. The lowest BCUT2D eigenvalue weighted by Gasteiger charge is -2.21. The van der Waals surface area contributed by atoms with Crippen LogP contribution in [-0.2, 0) is 21.3 Å². The molecule has 1 aliphatic heterocycles. The molecule has 11 heteroatoms. The van der Waals surface area contributed by atoms with Gasteiger partial charge in [-0.2, -0.15) is 5.10 Å². The summed E-state index contributed by atoms with van der Waals surface area (Å²) in [5, 5.41) is 4.15. The normalized spacial score (nSPS) is 16.3. The van der Waals surface area contributed by atoms with Crippen molar-refractivity contribution in [2.24, 2.45) is 5.92 Å². The molecule has 2 aromatic rings. The van der Waals surface area contributed by atoms with Gasteiger partial charge in [0.15, 0.2) is 0 Å². The molecule has 1 N–H and O–H groups in total. The predicted molar refractivity (Wildman–Crippen MR) is 89.7 cm³/mol. The fraction of sp³-hybridized carbons (Fsp3) is 0.438. The predicted octanol–water partition coefficient (Wildman–Crippen LogP) is 3.01. The molecule has 2 heterocycles. The number of nitrogens with zero attached hydrogens (tertiary/aromatic N) is 2. The number of aromatic nitrogens is 2. The van der Waals surface area contributed by atoms with Crippen LogP contribution in [0.15, 0.2) is 41.6 Å². The molecular formula is C16H18F3N3O4S. The highest BCUT2D eigenvalue weighted by molar-refractivity contribution is 7.92. The van der Waals surface area contributed by atoms with Crippen LogP contribution >= 0.6 is 0 Å². The van der Waals surface area contributed by atoms with Crippen molar-refractivity contribution in [1.29, 1.82) is 0 Å². The molecule has 148 valence electrons. The van der Waals surface area contributed by atoms with Gasteiger partial charge in [0.1, 0.15) is 5.75 Å². The molecule has 0 radical (unpaired) electrons. The van der Waals surface area contributed by atoms with E-state index in [0.29, 0.717) is 25.7 Å². The standard InChI is InChI=1S/C16H18F3N3O4S/c17-16(18,19)26-14-1-3-15(4-2-14)27(23,24)21-13-9-20-22(11-13)10-12-5-7-25-8-6-12/h1-4,9,11-12,21H,5-8,10H2. The van der Waals surface area contributed by atoms with Gasteiger partial charge in [-0.3, -0.25) is 9.40 Å². The van der Waals surface area contributed by atoms with Crippen molar-refractivity contribution >= 4 is 15.7 Å². The molecule has 0 aliphatic carbocycles. The number of rotatable bonds is 6. The first-order valence-electron chi connectivity index (χ1n) is 8.20. The third-order valence-electron chi connectivity index (χ3n) is 4.04. The van der Waals surface area contributed by atoms with Gasteiger partial charge in [-0.15, -0.1) is 13.2 Å². The summed E-state index contributed by atoms with van der Waals surface area (Å²) >= 11 is 0. The van der Waals surface area contributed by atoms with Crippen LogP contribution in [-0.4, -0.2) is 37.8 Å². The maximum atomic E-state index is 12.4. The summed E-state index contributed by atoms with van der Waals surface area (Å²) in [7, 11) is -3.95. The maximum Gasteiger partial charge on any atom is 0.573 e. The minimum absolute atomic E-state index is 0.186. The lowest BCUT2D eigenvalue weighted by atomic mass is 10.0. The van der Waals surface area contributed by atoms with Crippen LogP contribution in [0.25, 0.3) is 0 Å². The van der Waals surface area contributed by atoms with E-state index < -0.39 is 22.1 Å². The smallest absolute Gasteiger partial charge is 0.406 e. The third kappa shape index (κ3) is 5.60. The first-order chi connectivity index (χ1) is 12.7. The summed E-state index contributed by atoms with van der Waals surface area (Å²) in [4.78, 5) is -0.186. The van der Waals surface area contributed by atoms with Gasteiger partial charge >= 0.3 is 6.36 Å². The van der Waals surface area contributed by atoms with Gasteiger partial charge in [-0.05, 0) is 43.0 Å². The van der Waals surface area contributed by atoms with Crippen molar-refractivity contribution < 1.29 is 31.1 Å². The van der Waals surface area contributed by atoms with Crippen LogP contribution in [0.4, 0.5) is 18.9 Å². The number of hydrogen-bond donors (Lipinski definition) is 1. The zero-order chi connectivity index (χ0) is 19.5. The molecule has 27 heavy (non-hydrogen) atoms. The van der Waals surface area contributed by atoms with Gasteiger partial charge in [-0.1, -0.05) is 0 Å². The molecule has 0 bridgehead atoms. The monoisotopic (exact) mass is 405 g/mol. The molecule has 1 fully saturated rings. The van der Waals surface area contributed by atoms with Gasteiger partial charge in [0, 0.05) is 26.0 Å². The molecule has 0 amide bonds. The second-order valence-corrected chi connectivity index (χ2v) is 7.81. The average Bonchev–Trinajstić information content (AvgIpc) is 3.01. The maximum absolute atomic E-state index is 12.4. The number of ether oxygens (including phenoxy) is 2. The highest BCUT2D eigenvalue weighted by Crippen LogP contribution is 2.25. The second kappa shape index (κ2) is 7.77. The summed E-state index contributed by atoms with van der Waals surface area (Å²) in [5.74, 6) is -0.0741. The van der Waals surface area contributed by atoms with Crippen LogP contribution in [0.1, 0.15) is 12.8 Å². The van der Waals surface area contributed by atoms with Gasteiger partial charge < -0.3 is 9.47 Å². The van der Waals surface area contributed by atoms with Crippen molar-refractivity contribution in [3.63, 3.8) is 0 Å². The Labute approximate surface area is 154 Å². The summed E-state index contributed by atoms with van der Waals surface area (Å²) in [6.07, 6.45) is -0.0234. The third-order valence-corrected chi connectivity index (χ3v) is 5.44. The average molecular weight is 405 g/mol. The molecule has 3 rings (SSSR count). The topological polar surface area (TPSA) is 82.5 Å². The first-order valence-corrected chi connectivity index (χ1v) is 9.68. The number of anilines is 1. The van der Waals surface area contributed by atoms with Crippen molar-refractivity contribution in [2.45, 2.75) is 30.6 Å². The Morgan fingerprint density at radius 2 is 1.89 bits per heavy atom. The van der Waals surface area contributed by atoms with E-state index in [1.807, 2.05) is 0 Å². The van der Waals surface area contributed by atoms with Crippen LogP contribution in [0, 0.1) is 5.92 Å². The lowest BCUT2D eigenvalue weighted by Crippen LogP contribution is -2.20. The van der Waals surface area contributed by atoms with Crippen LogP contribution in [0.3, 0.4) is 0 Å². The number of sulfonamides is 1. The molecule has 1 aromatic heterocycles. The molecule has 1 aromatic carbocycles. The largest absolute Gasteiger partial charge is 0.573 e. The minimum atomic E-state index is -4.84. The molecule has 0 atom stereocenters. The zero-order valence-corrected chi connectivity index (χ0v) is 15.0. The molecule has 7 nitrogen and oxygen atoms in total. The lowest BCUT2D eigenvalue weighted by molar-refractivity contribution is -0.274. The summed E-state index contributed by atoms with van der Waals surface area (Å²) in [5.41, 5.74) is 0.276. The second-order valence-electron chi connectivity index (χ2n) is 6.13.